The Morgan fingerprint density at radius 1 is 1.09 bits per heavy atom. The third-order valence-electron chi connectivity index (χ3n) is 3.51. The van der Waals surface area contributed by atoms with E-state index in [1.54, 1.807) is 18.7 Å². The van der Waals surface area contributed by atoms with Crippen LogP contribution in [0.1, 0.15) is 0 Å². The maximum atomic E-state index is 5.55. The number of nitrogens with zero attached hydrogens (tertiary/aromatic N) is 6. The Labute approximate surface area is 125 Å². The summed E-state index contributed by atoms with van der Waals surface area (Å²) in [5.41, 5.74) is 8.36. The lowest BCUT2D eigenvalue weighted by Crippen LogP contribution is -2.37. The smallest absolute Gasteiger partial charge is 0.228 e. The first-order valence-corrected chi connectivity index (χ1v) is 6.93. The first kappa shape index (κ1) is 12.9. The van der Waals surface area contributed by atoms with E-state index in [9.17, 15) is 0 Å². The van der Waals surface area contributed by atoms with E-state index in [1.165, 1.54) is 0 Å². The second-order valence-corrected chi connectivity index (χ2v) is 4.90. The summed E-state index contributed by atoms with van der Waals surface area (Å²) >= 11 is 0. The monoisotopic (exact) mass is 298 g/mol. The number of hydrogen-bond donors (Lipinski definition) is 2. The van der Waals surface area contributed by atoms with Crippen molar-refractivity contribution in [3.05, 3.63) is 18.7 Å². The van der Waals surface area contributed by atoms with Gasteiger partial charge in [0.1, 0.15) is 11.2 Å². The lowest BCUT2D eigenvalue weighted by atomic mass is 10.2. The predicted molar refractivity (Wildman–Crippen MR) is 80.2 cm³/mol. The van der Waals surface area contributed by atoms with Crippen molar-refractivity contribution in [2.24, 2.45) is 0 Å². The Kier molecular flexibility index (Phi) is 3.04. The van der Waals surface area contributed by atoms with Crippen molar-refractivity contribution < 1.29 is 4.74 Å². The van der Waals surface area contributed by atoms with Crippen molar-refractivity contribution in [1.29, 1.82) is 0 Å². The zero-order chi connectivity index (χ0) is 14.9. The topological polar surface area (TPSA) is 119 Å². The van der Waals surface area contributed by atoms with Crippen LogP contribution in [0.4, 0.5) is 11.9 Å². The van der Waals surface area contributed by atoms with Crippen LogP contribution in [0.5, 0.6) is 0 Å². The SMILES string of the molecule is Nc1ncc(-c2nc(N3CCOCC3)nc3[nH]cnc23)cn1. The largest absolute Gasteiger partial charge is 0.378 e. The Morgan fingerprint density at radius 2 is 1.86 bits per heavy atom. The summed E-state index contributed by atoms with van der Waals surface area (Å²) in [5, 5.41) is 0. The molecule has 0 radical (unpaired) electrons. The minimum absolute atomic E-state index is 0.226. The van der Waals surface area contributed by atoms with Gasteiger partial charge in [0.05, 0.1) is 19.5 Å². The molecule has 4 heterocycles. The summed E-state index contributed by atoms with van der Waals surface area (Å²) in [4.78, 5) is 26.7. The molecule has 0 unspecified atom stereocenters. The summed E-state index contributed by atoms with van der Waals surface area (Å²) in [6.07, 6.45) is 4.88. The molecule has 0 amide bonds. The number of rotatable bonds is 2. The minimum atomic E-state index is 0.226. The van der Waals surface area contributed by atoms with Crippen molar-refractivity contribution in [3.63, 3.8) is 0 Å². The summed E-state index contributed by atoms with van der Waals surface area (Å²) in [6.45, 7) is 2.87. The van der Waals surface area contributed by atoms with Crippen molar-refractivity contribution in [2.75, 3.05) is 36.9 Å². The van der Waals surface area contributed by atoms with E-state index in [-0.39, 0.29) is 5.95 Å². The molecule has 0 bridgehead atoms. The zero-order valence-electron chi connectivity index (χ0n) is 11.7. The van der Waals surface area contributed by atoms with Crippen LogP contribution < -0.4 is 10.6 Å². The number of fused-ring (bicyclic) bond motifs is 1. The highest BCUT2D eigenvalue weighted by atomic mass is 16.5. The average Bonchev–Trinajstić information content (AvgIpc) is 3.04. The predicted octanol–water partition coefficient (Wildman–Crippen LogP) is 0.229. The first-order chi connectivity index (χ1) is 10.8. The molecule has 0 aromatic carbocycles. The zero-order valence-corrected chi connectivity index (χ0v) is 11.7. The summed E-state index contributed by atoms with van der Waals surface area (Å²) in [7, 11) is 0. The molecule has 9 nitrogen and oxygen atoms in total. The van der Waals surface area contributed by atoms with Crippen molar-refractivity contribution in [1.82, 2.24) is 29.9 Å². The minimum Gasteiger partial charge on any atom is -0.378 e. The molecule has 0 spiro atoms. The van der Waals surface area contributed by atoms with Crippen LogP contribution in [0.2, 0.25) is 0 Å². The number of ether oxygens (including phenoxy) is 1. The standard InChI is InChI=1S/C13H14N8O/c14-12-15-5-8(6-16-12)9-10-11(18-7-17-10)20-13(19-9)21-1-3-22-4-2-21/h5-7H,1-4H2,(H2,14,15,16)(H,17,18,19,20). The number of aromatic nitrogens is 6. The first-order valence-electron chi connectivity index (χ1n) is 6.93. The number of nitrogens with one attached hydrogen (secondary N) is 1. The van der Waals surface area contributed by atoms with Crippen LogP contribution >= 0.6 is 0 Å². The van der Waals surface area contributed by atoms with Gasteiger partial charge in [-0.3, -0.25) is 0 Å². The van der Waals surface area contributed by atoms with Gasteiger partial charge < -0.3 is 20.4 Å². The molecular formula is C13H14N8O. The molecule has 112 valence electrons. The molecule has 22 heavy (non-hydrogen) atoms. The Balaban J connectivity index is 1.85. The lowest BCUT2D eigenvalue weighted by molar-refractivity contribution is 0.122. The number of anilines is 2. The molecule has 4 rings (SSSR count). The van der Waals surface area contributed by atoms with Gasteiger partial charge in [0.25, 0.3) is 0 Å². The van der Waals surface area contributed by atoms with Gasteiger partial charge >= 0.3 is 0 Å². The van der Waals surface area contributed by atoms with Gasteiger partial charge in [-0.1, -0.05) is 0 Å². The molecule has 3 aromatic rings. The number of imidazole rings is 1. The van der Waals surface area contributed by atoms with E-state index < -0.39 is 0 Å². The normalized spacial score (nSPS) is 15.4. The fourth-order valence-electron chi connectivity index (χ4n) is 2.39. The number of aromatic amines is 1. The fraction of sp³-hybridized carbons (Fsp3) is 0.308. The molecule has 1 aliphatic heterocycles. The molecular weight excluding hydrogens is 284 g/mol. The Bertz CT molecular complexity index is 793. The molecule has 9 heteroatoms. The lowest BCUT2D eigenvalue weighted by Gasteiger charge is -2.26. The van der Waals surface area contributed by atoms with Crippen LogP contribution in [-0.2, 0) is 4.74 Å². The molecule has 1 fully saturated rings. The second-order valence-electron chi connectivity index (χ2n) is 4.90. The van der Waals surface area contributed by atoms with Crippen molar-refractivity contribution in [2.45, 2.75) is 0 Å². The summed E-state index contributed by atoms with van der Waals surface area (Å²) in [6, 6.07) is 0. The van der Waals surface area contributed by atoms with E-state index in [4.69, 9.17) is 10.5 Å². The van der Waals surface area contributed by atoms with Gasteiger partial charge in [-0.2, -0.15) is 4.98 Å². The molecule has 0 aliphatic carbocycles. The number of hydrogen-bond acceptors (Lipinski definition) is 8. The van der Waals surface area contributed by atoms with Gasteiger partial charge in [-0.05, 0) is 0 Å². The maximum Gasteiger partial charge on any atom is 0.228 e. The third kappa shape index (κ3) is 2.21. The van der Waals surface area contributed by atoms with E-state index >= 15 is 0 Å². The van der Waals surface area contributed by atoms with Crippen LogP contribution in [0.25, 0.3) is 22.4 Å². The van der Waals surface area contributed by atoms with Crippen LogP contribution in [0, 0.1) is 0 Å². The molecule has 3 aromatic heterocycles. The fourth-order valence-corrected chi connectivity index (χ4v) is 2.39. The van der Waals surface area contributed by atoms with Crippen molar-refractivity contribution >= 4 is 23.1 Å². The van der Waals surface area contributed by atoms with Gasteiger partial charge in [0.2, 0.25) is 11.9 Å². The highest BCUT2D eigenvalue weighted by Crippen LogP contribution is 2.25. The van der Waals surface area contributed by atoms with Crippen LogP contribution in [0.3, 0.4) is 0 Å². The maximum absolute atomic E-state index is 5.55. The number of H-pyrrole nitrogens is 1. The molecule has 1 aliphatic rings. The molecule has 0 saturated carbocycles. The van der Waals surface area contributed by atoms with E-state index in [2.05, 4.69) is 34.8 Å². The Hall–Kier alpha value is -2.81. The third-order valence-corrected chi connectivity index (χ3v) is 3.51. The highest BCUT2D eigenvalue weighted by Gasteiger charge is 2.18. The van der Waals surface area contributed by atoms with Crippen molar-refractivity contribution in [3.8, 4) is 11.3 Å². The van der Waals surface area contributed by atoms with Gasteiger partial charge in [-0.25, -0.2) is 19.9 Å². The van der Waals surface area contributed by atoms with Gasteiger partial charge in [0, 0.05) is 31.0 Å². The highest BCUT2D eigenvalue weighted by molar-refractivity contribution is 5.87. The quantitative estimate of drug-likeness (QED) is 0.690. The average molecular weight is 298 g/mol. The molecule has 0 atom stereocenters. The summed E-state index contributed by atoms with van der Waals surface area (Å²) < 4.78 is 5.37. The number of morpholine rings is 1. The number of nitrogens with two attached hydrogens (primary N) is 1. The molecule has 1 saturated heterocycles. The Morgan fingerprint density at radius 3 is 2.64 bits per heavy atom. The molecule has 3 N–H and O–H groups in total. The van der Waals surface area contributed by atoms with Crippen LogP contribution in [-0.4, -0.2) is 56.2 Å². The second kappa shape index (κ2) is 5.19. The van der Waals surface area contributed by atoms with E-state index in [1.807, 2.05) is 0 Å². The van der Waals surface area contributed by atoms with E-state index in [0.29, 0.717) is 36.0 Å². The number of nitrogen functional groups attached to an aromatic ring is 1. The summed E-state index contributed by atoms with van der Waals surface area (Å²) in [5.74, 6) is 0.872. The van der Waals surface area contributed by atoms with Gasteiger partial charge in [-0.15, -0.1) is 0 Å². The van der Waals surface area contributed by atoms with Crippen LogP contribution in [0.15, 0.2) is 18.7 Å². The van der Waals surface area contributed by atoms with E-state index in [0.717, 1.165) is 18.7 Å². The van der Waals surface area contributed by atoms with Gasteiger partial charge in [0.15, 0.2) is 5.65 Å².